The molecule has 3 rings (SSSR count). The summed E-state index contributed by atoms with van der Waals surface area (Å²) in [6.45, 7) is 0.482. The van der Waals surface area contributed by atoms with Crippen LogP contribution in [0.3, 0.4) is 0 Å². The van der Waals surface area contributed by atoms with Gasteiger partial charge in [-0.25, -0.2) is 0 Å². The average Bonchev–Trinajstić information content (AvgIpc) is 2.90. The number of hydrogen-bond donors (Lipinski definition) is 0. The molecule has 0 atom stereocenters. The lowest BCUT2D eigenvalue weighted by Gasteiger charge is -2.19. The monoisotopic (exact) mass is 473 g/mol. The first-order chi connectivity index (χ1) is 17.9. The van der Waals surface area contributed by atoms with Crippen molar-refractivity contribution < 1.29 is 9.47 Å². The molecule has 36 heavy (non-hydrogen) atoms. The molecular formula is C33H31NO2. The Kier molecular flexibility index (Phi) is 12.1. The highest BCUT2D eigenvalue weighted by Gasteiger charge is 2.06. The summed E-state index contributed by atoms with van der Waals surface area (Å²) in [4.78, 5) is 1.98. The van der Waals surface area contributed by atoms with Crippen LogP contribution in [0.1, 0.15) is 0 Å². The van der Waals surface area contributed by atoms with Gasteiger partial charge < -0.3 is 14.4 Å². The van der Waals surface area contributed by atoms with Gasteiger partial charge in [0.05, 0.1) is 5.70 Å². The van der Waals surface area contributed by atoms with E-state index < -0.39 is 0 Å². The Morgan fingerprint density at radius 3 is 1.69 bits per heavy atom. The van der Waals surface area contributed by atoms with Crippen LogP contribution in [0.2, 0.25) is 0 Å². The molecule has 0 unspecified atom stereocenters. The fourth-order valence-electron chi connectivity index (χ4n) is 2.92. The number of nitrogens with zero attached hydrogens (tertiary/aromatic N) is 1. The van der Waals surface area contributed by atoms with Crippen LogP contribution < -0.4 is 0 Å². The fourth-order valence-corrected chi connectivity index (χ4v) is 2.92. The Bertz CT molecular complexity index is 1200. The van der Waals surface area contributed by atoms with Crippen molar-refractivity contribution in [1.29, 1.82) is 0 Å². The van der Waals surface area contributed by atoms with E-state index in [9.17, 15) is 0 Å². The van der Waals surface area contributed by atoms with Gasteiger partial charge in [-0.1, -0.05) is 115 Å². The topological polar surface area (TPSA) is 21.7 Å². The Morgan fingerprint density at radius 2 is 1.03 bits per heavy atom. The second kappa shape index (κ2) is 16.8. The van der Waals surface area contributed by atoms with Crippen LogP contribution in [-0.4, -0.2) is 11.5 Å². The van der Waals surface area contributed by atoms with Crippen molar-refractivity contribution in [2.75, 3.05) is 6.61 Å². The zero-order chi connectivity index (χ0) is 24.9. The third-order valence-electron chi connectivity index (χ3n) is 4.65. The summed E-state index contributed by atoms with van der Waals surface area (Å²) in [5.41, 5.74) is 0.923. The van der Waals surface area contributed by atoms with E-state index in [1.54, 1.807) is 6.26 Å². The molecule has 3 nitrogen and oxygen atoms in total. The van der Waals surface area contributed by atoms with E-state index >= 15 is 0 Å². The molecule has 0 aliphatic carbocycles. The van der Waals surface area contributed by atoms with Crippen LogP contribution in [0, 0.1) is 0 Å². The first-order valence-corrected chi connectivity index (χ1v) is 11.8. The molecule has 0 amide bonds. The van der Waals surface area contributed by atoms with Gasteiger partial charge in [0, 0.05) is 12.4 Å². The normalized spacial score (nSPS) is 30.2. The Morgan fingerprint density at radius 1 is 0.472 bits per heavy atom. The molecule has 0 spiro atoms. The third-order valence-corrected chi connectivity index (χ3v) is 4.65. The number of allylic oxidation sites excluding steroid dienone is 25. The summed E-state index contributed by atoms with van der Waals surface area (Å²) in [7, 11) is 0. The van der Waals surface area contributed by atoms with E-state index in [0.29, 0.717) is 6.61 Å². The first kappa shape index (κ1) is 25.9. The number of ether oxygens (including phenoxy) is 2. The number of rotatable bonds is 0. The van der Waals surface area contributed by atoms with Crippen LogP contribution in [-0.2, 0) is 9.47 Å². The molecule has 3 heteroatoms. The molecule has 0 N–H and O–H groups in total. The van der Waals surface area contributed by atoms with Gasteiger partial charge in [-0.15, -0.1) is 0 Å². The minimum Gasteiger partial charge on any atom is -0.495 e. The minimum absolute atomic E-state index is 0.482. The van der Waals surface area contributed by atoms with Gasteiger partial charge >= 0.3 is 0 Å². The maximum Gasteiger partial charge on any atom is 0.128 e. The van der Waals surface area contributed by atoms with E-state index in [1.807, 2.05) is 175 Å². The Balaban J connectivity index is 1.69. The van der Waals surface area contributed by atoms with Gasteiger partial charge in [0.25, 0.3) is 0 Å². The molecule has 3 aliphatic rings. The van der Waals surface area contributed by atoms with Crippen molar-refractivity contribution in [3.05, 3.63) is 194 Å². The van der Waals surface area contributed by atoms with Gasteiger partial charge in [0.2, 0.25) is 0 Å². The van der Waals surface area contributed by atoms with Crippen molar-refractivity contribution >= 4 is 0 Å². The maximum atomic E-state index is 5.95. The van der Waals surface area contributed by atoms with Crippen LogP contribution in [0.4, 0.5) is 0 Å². The number of hydrogen-bond acceptors (Lipinski definition) is 3. The zero-order valence-corrected chi connectivity index (χ0v) is 20.2. The molecule has 0 fully saturated rings. The molecule has 180 valence electrons. The van der Waals surface area contributed by atoms with Gasteiger partial charge in [0.15, 0.2) is 0 Å². The smallest absolute Gasteiger partial charge is 0.128 e. The minimum atomic E-state index is 0.482. The third kappa shape index (κ3) is 10.9. The van der Waals surface area contributed by atoms with E-state index in [1.165, 1.54) is 0 Å². The Hall–Kier alpha value is -4.76. The largest absolute Gasteiger partial charge is 0.495 e. The number of fused-ring (bicyclic) bond motifs is 3. The zero-order valence-electron chi connectivity index (χ0n) is 20.2. The van der Waals surface area contributed by atoms with Crippen LogP contribution >= 0.6 is 0 Å². The van der Waals surface area contributed by atoms with Crippen molar-refractivity contribution in [3.8, 4) is 0 Å². The van der Waals surface area contributed by atoms with Gasteiger partial charge in [-0.2, -0.15) is 0 Å². The quantitative estimate of drug-likeness (QED) is 0.355. The van der Waals surface area contributed by atoms with Crippen LogP contribution in [0.5, 0.6) is 0 Å². The van der Waals surface area contributed by atoms with Gasteiger partial charge in [0.1, 0.15) is 24.4 Å². The second-order valence-electron chi connectivity index (χ2n) is 7.41. The fraction of sp³-hybridized carbons (Fsp3) is 0.0303. The predicted octanol–water partition coefficient (Wildman–Crippen LogP) is 8.12. The Labute approximate surface area is 214 Å². The van der Waals surface area contributed by atoms with Crippen LogP contribution in [0.25, 0.3) is 0 Å². The van der Waals surface area contributed by atoms with Crippen molar-refractivity contribution in [2.45, 2.75) is 0 Å². The average molecular weight is 474 g/mol. The maximum absolute atomic E-state index is 5.95. The highest BCUT2D eigenvalue weighted by molar-refractivity contribution is 5.35. The second-order valence-corrected chi connectivity index (χ2v) is 7.41. The molecule has 0 saturated carbocycles. The lowest BCUT2D eigenvalue weighted by Crippen LogP contribution is -2.10. The van der Waals surface area contributed by atoms with Gasteiger partial charge in [-0.3, -0.25) is 0 Å². The molecule has 3 heterocycles. The summed E-state index contributed by atoms with van der Waals surface area (Å²) in [5, 5.41) is 0. The SMILES string of the molecule is C1=C/C2=C/OC\C=C/C=C\C=C/C=C\C=C/C=C\C=C/C=C\C=C/C=C3\C=CC=C(/C=C\N2C=C1)O3. The molecule has 0 saturated heterocycles. The van der Waals surface area contributed by atoms with Crippen molar-refractivity contribution in [2.24, 2.45) is 0 Å². The van der Waals surface area contributed by atoms with E-state index in [4.69, 9.17) is 9.47 Å². The summed E-state index contributed by atoms with van der Waals surface area (Å²) < 4.78 is 11.7. The van der Waals surface area contributed by atoms with E-state index in [0.717, 1.165) is 17.2 Å². The molecule has 3 aliphatic heterocycles. The highest BCUT2D eigenvalue weighted by Crippen LogP contribution is 2.18. The van der Waals surface area contributed by atoms with Crippen molar-refractivity contribution in [3.63, 3.8) is 0 Å². The summed E-state index contributed by atoms with van der Waals surface area (Å²) in [6, 6.07) is 0. The summed E-state index contributed by atoms with van der Waals surface area (Å²) >= 11 is 0. The lowest BCUT2D eigenvalue weighted by molar-refractivity contribution is 0.281. The molecule has 2 bridgehead atoms. The highest BCUT2D eigenvalue weighted by atomic mass is 16.5. The predicted molar refractivity (Wildman–Crippen MR) is 152 cm³/mol. The lowest BCUT2D eigenvalue weighted by atomic mass is 10.2. The standard InChI is InChI=1S/C33H31NO2/c1-2-4-6-8-10-12-14-16-20-29-35-30-31-22-18-19-27-34(31)28-26-33-25-21-24-32(36-33)23-17-15-13-11-9-7-5-3-1/h1-28,30H,29H2/b2-1-,5-3-,6-4-,9-7-,10-8-,13-11-,14-12-,17-15-,20-16-,28-26-,31-30-,32-23+. The molecule has 0 aromatic rings. The van der Waals surface area contributed by atoms with Crippen molar-refractivity contribution in [1.82, 2.24) is 4.90 Å². The first-order valence-electron chi connectivity index (χ1n) is 11.8. The molecular weight excluding hydrogens is 442 g/mol. The van der Waals surface area contributed by atoms with E-state index in [-0.39, 0.29) is 0 Å². The van der Waals surface area contributed by atoms with E-state index in [2.05, 4.69) is 0 Å². The summed E-state index contributed by atoms with van der Waals surface area (Å²) in [5.74, 6) is 1.52. The molecule has 0 aromatic heterocycles. The molecule has 0 aromatic carbocycles. The van der Waals surface area contributed by atoms with Gasteiger partial charge in [-0.05, 0) is 42.5 Å². The summed E-state index contributed by atoms with van der Waals surface area (Å²) in [6.07, 6.45) is 56.9. The van der Waals surface area contributed by atoms with Crippen LogP contribution in [0.15, 0.2) is 194 Å². The molecule has 0 radical (unpaired) electrons.